The number of aliphatic hydroxyl groups is 1. The van der Waals surface area contributed by atoms with E-state index in [9.17, 15) is 15.0 Å². The van der Waals surface area contributed by atoms with Gasteiger partial charge in [-0.3, -0.25) is 0 Å². The monoisotopic (exact) mass is 493 g/mol. The molecule has 2 fully saturated rings. The minimum atomic E-state index is -1.09. The number of benzene rings is 1. The number of hydrogen-bond donors (Lipinski definition) is 3. The molecule has 0 spiro atoms. The summed E-state index contributed by atoms with van der Waals surface area (Å²) in [5.41, 5.74) is 0.811. The molecule has 178 valence electrons. The molecule has 33 heavy (non-hydrogen) atoms. The summed E-state index contributed by atoms with van der Waals surface area (Å²) in [6, 6.07) is 4.94. The molecule has 1 aromatic carbocycles. The van der Waals surface area contributed by atoms with E-state index in [0.717, 1.165) is 44.7 Å². The van der Waals surface area contributed by atoms with Gasteiger partial charge < -0.3 is 25.3 Å². The minimum absolute atomic E-state index is 0.0136. The van der Waals surface area contributed by atoms with Gasteiger partial charge in [-0.15, -0.1) is 0 Å². The summed E-state index contributed by atoms with van der Waals surface area (Å²) in [7, 11) is 0. The van der Waals surface area contributed by atoms with Crippen LogP contribution in [-0.4, -0.2) is 70.4 Å². The number of rotatable bonds is 8. The van der Waals surface area contributed by atoms with Gasteiger partial charge in [-0.25, -0.2) is 9.78 Å². The number of carboxylic acids is 1. The molecule has 3 heterocycles. The van der Waals surface area contributed by atoms with Crippen molar-refractivity contribution in [3.63, 3.8) is 0 Å². The van der Waals surface area contributed by atoms with E-state index in [0.29, 0.717) is 27.8 Å². The third-order valence-corrected chi connectivity index (χ3v) is 7.17. The van der Waals surface area contributed by atoms with Gasteiger partial charge in [0.25, 0.3) is 0 Å². The van der Waals surface area contributed by atoms with E-state index < -0.39 is 5.97 Å². The highest BCUT2D eigenvalue weighted by atomic mass is 35.5. The molecular weight excluding hydrogens is 465 g/mol. The highest BCUT2D eigenvalue weighted by molar-refractivity contribution is 6.35. The number of halogens is 2. The summed E-state index contributed by atoms with van der Waals surface area (Å²) >= 11 is 12.3. The van der Waals surface area contributed by atoms with Crippen LogP contribution in [-0.2, 0) is 0 Å². The van der Waals surface area contributed by atoms with Crippen molar-refractivity contribution in [1.82, 2.24) is 14.9 Å². The fourth-order valence-corrected chi connectivity index (χ4v) is 5.29. The van der Waals surface area contributed by atoms with Crippen LogP contribution in [0, 0.1) is 11.8 Å². The molecule has 0 bridgehead atoms. The van der Waals surface area contributed by atoms with Crippen molar-refractivity contribution in [2.45, 2.75) is 25.8 Å². The van der Waals surface area contributed by atoms with Crippen LogP contribution in [0.5, 0.6) is 0 Å². The second-order valence-electron chi connectivity index (χ2n) is 8.86. The van der Waals surface area contributed by atoms with Gasteiger partial charge in [0.1, 0.15) is 11.4 Å². The first-order chi connectivity index (χ1) is 15.9. The zero-order chi connectivity index (χ0) is 23.5. The molecule has 4 rings (SSSR count). The Morgan fingerprint density at radius 3 is 2.76 bits per heavy atom. The molecule has 0 radical (unpaired) electrons. The molecule has 1 unspecified atom stereocenters. The summed E-state index contributed by atoms with van der Waals surface area (Å²) in [6.45, 7) is 6.59. The number of piperidine rings is 1. The predicted octanol–water partition coefficient (Wildman–Crippen LogP) is 3.80. The Morgan fingerprint density at radius 1 is 1.27 bits per heavy atom. The molecule has 3 N–H and O–H groups in total. The number of carbonyl (C=O) groups is 1. The Balaban J connectivity index is 1.45. The Morgan fingerprint density at radius 2 is 2.06 bits per heavy atom. The molecule has 2 aliphatic heterocycles. The number of hydrogen-bond acceptors (Lipinski definition) is 7. The third-order valence-electron chi connectivity index (χ3n) is 6.61. The summed E-state index contributed by atoms with van der Waals surface area (Å²) in [4.78, 5) is 25.1. The number of nitrogens with zero attached hydrogens (tertiary/aromatic N) is 4. The summed E-state index contributed by atoms with van der Waals surface area (Å²) < 4.78 is 0. The molecular formula is C23H29Cl2N5O3. The first-order valence-corrected chi connectivity index (χ1v) is 12.0. The Kier molecular flexibility index (Phi) is 7.58. The lowest BCUT2D eigenvalue weighted by Gasteiger charge is -2.46. The number of nitrogens with one attached hydrogen (secondary N) is 1. The summed E-state index contributed by atoms with van der Waals surface area (Å²) in [5.74, 6) is 0.852. The lowest BCUT2D eigenvalue weighted by Crippen LogP contribution is -2.54. The molecule has 1 aromatic heterocycles. The van der Waals surface area contributed by atoms with Crippen molar-refractivity contribution in [2.24, 2.45) is 11.8 Å². The van der Waals surface area contributed by atoms with Gasteiger partial charge in [-0.05, 0) is 55.8 Å². The van der Waals surface area contributed by atoms with Gasteiger partial charge in [0.2, 0.25) is 5.95 Å². The van der Waals surface area contributed by atoms with E-state index in [1.54, 1.807) is 12.1 Å². The van der Waals surface area contributed by atoms with Crippen molar-refractivity contribution < 1.29 is 15.0 Å². The van der Waals surface area contributed by atoms with E-state index in [1.165, 1.54) is 12.6 Å². The molecule has 10 heteroatoms. The Bertz CT molecular complexity index is 1000. The van der Waals surface area contributed by atoms with E-state index in [1.807, 2.05) is 13.0 Å². The molecule has 8 nitrogen and oxygen atoms in total. The molecule has 2 aliphatic rings. The second-order valence-corrected chi connectivity index (χ2v) is 9.70. The largest absolute Gasteiger partial charge is 0.477 e. The predicted molar refractivity (Wildman–Crippen MR) is 129 cm³/mol. The van der Waals surface area contributed by atoms with E-state index >= 15 is 0 Å². The summed E-state index contributed by atoms with van der Waals surface area (Å²) in [6.07, 6.45) is 3.72. The van der Waals surface area contributed by atoms with Gasteiger partial charge in [0, 0.05) is 42.4 Å². The number of anilines is 2. The standard InChI is InChI=1S/C23H29Cl2N5O3/c1-14(18-5-4-17(24)9-20(18)25)27-21-19(22(32)33)10-26-23(28-21)30-12-16(13-30)15-3-2-6-29(11-15)7-8-31/h4-5,9-10,14-16,31H,2-3,6-8,11-13H2,1H3,(H,32,33)(H,26,27,28)/t14?,15-/m0/s1. The second kappa shape index (κ2) is 10.4. The van der Waals surface area contributed by atoms with E-state index in [-0.39, 0.29) is 24.0 Å². The molecule has 0 amide bonds. The van der Waals surface area contributed by atoms with Gasteiger partial charge >= 0.3 is 5.97 Å². The zero-order valence-electron chi connectivity index (χ0n) is 18.5. The highest BCUT2D eigenvalue weighted by Gasteiger charge is 2.37. The zero-order valence-corrected chi connectivity index (χ0v) is 20.1. The van der Waals surface area contributed by atoms with Crippen LogP contribution in [0.15, 0.2) is 24.4 Å². The van der Waals surface area contributed by atoms with Crippen LogP contribution in [0.25, 0.3) is 0 Å². The van der Waals surface area contributed by atoms with Gasteiger partial charge in [0.15, 0.2) is 0 Å². The van der Waals surface area contributed by atoms with Gasteiger partial charge in [-0.2, -0.15) is 4.98 Å². The third kappa shape index (κ3) is 5.51. The lowest BCUT2D eigenvalue weighted by atomic mass is 9.81. The number of likely N-dealkylation sites (tertiary alicyclic amines) is 1. The minimum Gasteiger partial charge on any atom is -0.477 e. The van der Waals surface area contributed by atoms with Crippen LogP contribution < -0.4 is 10.2 Å². The quantitative estimate of drug-likeness (QED) is 0.510. The van der Waals surface area contributed by atoms with Crippen LogP contribution in [0.2, 0.25) is 10.0 Å². The molecule has 0 saturated carbocycles. The molecule has 2 atom stereocenters. The molecule has 2 saturated heterocycles. The Labute approximate surface area is 203 Å². The van der Waals surface area contributed by atoms with E-state index in [4.69, 9.17) is 23.2 Å². The van der Waals surface area contributed by atoms with Crippen molar-refractivity contribution >= 4 is 40.9 Å². The fourth-order valence-electron chi connectivity index (χ4n) is 4.72. The normalized spacial score (nSPS) is 20.4. The maximum absolute atomic E-state index is 11.8. The maximum Gasteiger partial charge on any atom is 0.341 e. The van der Waals surface area contributed by atoms with Crippen molar-refractivity contribution in [1.29, 1.82) is 0 Å². The fraction of sp³-hybridized carbons (Fsp3) is 0.522. The lowest BCUT2D eigenvalue weighted by molar-refractivity contribution is 0.0697. The number of aromatic carboxylic acids is 1. The van der Waals surface area contributed by atoms with E-state index in [2.05, 4.69) is 25.1 Å². The number of carboxylic acid groups (broad SMARTS) is 1. The Hall–Kier alpha value is -2.13. The van der Waals surface area contributed by atoms with Gasteiger partial charge in [0.05, 0.1) is 12.6 Å². The maximum atomic E-state index is 11.8. The van der Waals surface area contributed by atoms with Gasteiger partial charge in [-0.1, -0.05) is 29.3 Å². The van der Waals surface area contributed by atoms with Crippen LogP contribution >= 0.6 is 23.2 Å². The average molecular weight is 494 g/mol. The van der Waals surface area contributed by atoms with Crippen LogP contribution in [0.4, 0.5) is 11.8 Å². The molecule has 0 aliphatic carbocycles. The SMILES string of the molecule is CC(Nc1nc(N2CC([C@H]3CCCN(CCO)C3)C2)ncc1C(=O)O)c1ccc(Cl)cc1Cl. The number of aliphatic hydroxyl groups excluding tert-OH is 1. The first-order valence-electron chi connectivity index (χ1n) is 11.3. The smallest absolute Gasteiger partial charge is 0.341 e. The summed E-state index contributed by atoms with van der Waals surface area (Å²) in [5, 5.41) is 23.1. The molecule has 2 aromatic rings. The number of β-amino-alcohol motifs (C(OH)–C–C–N with tert-alkyl or cyclic N) is 1. The van der Waals surface area contributed by atoms with Crippen molar-refractivity contribution in [3.05, 3.63) is 45.6 Å². The topological polar surface area (TPSA) is 102 Å². The van der Waals surface area contributed by atoms with Crippen molar-refractivity contribution in [2.75, 3.05) is 49.5 Å². The average Bonchev–Trinajstić information content (AvgIpc) is 2.73. The first kappa shape index (κ1) is 24.0. The van der Waals surface area contributed by atoms with Crippen LogP contribution in [0.1, 0.15) is 41.7 Å². The van der Waals surface area contributed by atoms with Crippen molar-refractivity contribution in [3.8, 4) is 0 Å². The van der Waals surface area contributed by atoms with Crippen LogP contribution in [0.3, 0.4) is 0 Å². The number of aromatic nitrogens is 2. The highest BCUT2D eigenvalue weighted by Crippen LogP contribution is 2.34.